The van der Waals surface area contributed by atoms with Crippen LogP contribution in [0.4, 0.5) is 10.6 Å². The van der Waals surface area contributed by atoms with Gasteiger partial charge in [0.2, 0.25) is 5.91 Å². The molecule has 0 aliphatic heterocycles. The van der Waals surface area contributed by atoms with E-state index in [0.29, 0.717) is 29.0 Å². The summed E-state index contributed by atoms with van der Waals surface area (Å²) in [4.78, 5) is 36.5. The molecule has 0 radical (unpaired) electrons. The number of aromatic nitrogens is 3. The second-order valence-electron chi connectivity index (χ2n) is 11.2. The molecular formula is C27H39N5O5. The fourth-order valence-electron chi connectivity index (χ4n) is 4.56. The van der Waals surface area contributed by atoms with Crippen LogP contribution in [0.1, 0.15) is 61.2 Å². The Labute approximate surface area is 217 Å². The summed E-state index contributed by atoms with van der Waals surface area (Å²) in [5.41, 5.74) is -0.0451. The molecule has 1 atom stereocenters. The van der Waals surface area contributed by atoms with Gasteiger partial charge in [0.1, 0.15) is 24.0 Å². The van der Waals surface area contributed by atoms with Crippen molar-refractivity contribution in [1.82, 2.24) is 19.4 Å². The number of rotatable bonds is 9. The number of nitrogens with zero attached hydrogens (tertiary/aromatic N) is 4. The summed E-state index contributed by atoms with van der Waals surface area (Å²) in [5.74, 6) is 0.0399. The van der Waals surface area contributed by atoms with Gasteiger partial charge in [0.25, 0.3) is 0 Å². The Balaban J connectivity index is 2.23. The summed E-state index contributed by atoms with van der Waals surface area (Å²) in [6.45, 7) is 15.2. The van der Waals surface area contributed by atoms with E-state index in [4.69, 9.17) is 14.7 Å². The number of carbonyl (C=O) groups is 2. The number of anilines is 1. The Morgan fingerprint density at radius 2 is 1.78 bits per heavy atom. The Morgan fingerprint density at radius 3 is 2.32 bits per heavy atom. The monoisotopic (exact) mass is 513 g/mol. The third-order valence-electron chi connectivity index (χ3n) is 5.99. The Morgan fingerprint density at radius 1 is 1.14 bits per heavy atom. The number of carbonyl (C=O) groups excluding carboxylic acids is 1. The highest BCUT2D eigenvalue weighted by Crippen LogP contribution is 2.32. The first kappa shape index (κ1) is 28.3. The first-order valence-corrected chi connectivity index (χ1v) is 12.6. The fourth-order valence-corrected chi connectivity index (χ4v) is 4.56. The van der Waals surface area contributed by atoms with Crippen LogP contribution in [0.2, 0.25) is 0 Å². The molecule has 202 valence electrons. The average Bonchev–Trinajstić information content (AvgIpc) is 3.11. The topological polar surface area (TPSA) is 130 Å². The van der Waals surface area contributed by atoms with Crippen molar-refractivity contribution in [2.45, 2.75) is 85.7 Å². The lowest BCUT2D eigenvalue weighted by molar-refractivity contribution is -0.124. The second kappa shape index (κ2) is 10.6. The van der Waals surface area contributed by atoms with E-state index < -0.39 is 29.2 Å². The average molecular weight is 514 g/mol. The lowest BCUT2D eigenvalue weighted by Gasteiger charge is -2.40. The molecule has 3 N–H and O–H groups in total. The normalized spacial score (nSPS) is 13.4. The van der Waals surface area contributed by atoms with E-state index in [1.165, 1.54) is 4.90 Å². The molecule has 0 aliphatic rings. The van der Waals surface area contributed by atoms with Gasteiger partial charge in [-0.25, -0.2) is 14.8 Å². The van der Waals surface area contributed by atoms with Crippen molar-refractivity contribution in [3.63, 3.8) is 0 Å². The van der Waals surface area contributed by atoms with Crippen molar-refractivity contribution >= 4 is 39.8 Å². The van der Waals surface area contributed by atoms with Crippen LogP contribution < -0.4 is 5.32 Å². The lowest BCUT2D eigenvalue weighted by atomic mass is 9.95. The first-order valence-electron chi connectivity index (χ1n) is 12.6. The van der Waals surface area contributed by atoms with E-state index in [-0.39, 0.29) is 24.9 Å². The number of para-hydroxylation sites is 1. The summed E-state index contributed by atoms with van der Waals surface area (Å²) >= 11 is 0. The van der Waals surface area contributed by atoms with Gasteiger partial charge in [-0.15, -0.1) is 0 Å². The molecule has 2 aromatic heterocycles. The van der Waals surface area contributed by atoms with E-state index in [1.807, 2.05) is 49.6 Å². The second-order valence-corrected chi connectivity index (χ2v) is 11.2. The maximum absolute atomic E-state index is 13.7. The SMILES string of the molecule is CCOCc1nc2c(NC(=O)[C@H](C(C)C)N(C(=O)O)C(C)(C)C)nc3ccccc3c2n1CC(C)(C)O. The van der Waals surface area contributed by atoms with E-state index >= 15 is 0 Å². The smallest absolute Gasteiger partial charge is 0.408 e. The summed E-state index contributed by atoms with van der Waals surface area (Å²) in [5, 5.41) is 24.3. The zero-order chi connectivity index (χ0) is 27.7. The molecule has 0 spiro atoms. The highest BCUT2D eigenvalue weighted by molar-refractivity contribution is 6.10. The highest BCUT2D eigenvalue weighted by Gasteiger charge is 2.39. The third-order valence-corrected chi connectivity index (χ3v) is 5.99. The van der Waals surface area contributed by atoms with Gasteiger partial charge in [-0.1, -0.05) is 32.0 Å². The summed E-state index contributed by atoms with van der Waals surface area (Å²) < 4.78 is 7.56. The third kappa shape index (κ3) is 6.19. The van der Waals surface area contributed by atoms with Crippen molar-refractivity contribution < 1.29 is 24.5 Å². The number of aliphatic hydroxyl groups is 1. The van der Waals surface area contributed by atoms with Crippen LogP contribution in [0.15, 0.2) is 24.3 Å². The Kier molecular flexibility index (Phi) is 8.14. The van der Waals surface area contributed by atoms with Gasteiger partial charge in [-0.05, 0) is 53.5 Å². The number of nitrogens with one attached hydrogen (secondary N) is 1. The van der Waals surface area contributed by atoms with Gasteiger partial charge in [0.15, 0.2) is 5.82 Å². The molecule has 0 bridgehead atoms. The van der Waals surface area contributed by atoms with E-state index in [1.54, 1.807) is 34.6 Å². The Bertz CT molecular complexity index is 1290. The summed E-state index contributed by atoms with van der Waals surface area (Å²) in [7, 11) is 0. The molecule has 3 rings (SSSR count). The minimum atomic E-state index is -1.17. The number of pyridine rings is 1. The van der Waals surface area contributed by atoms with Crippen molar-refractivity contribution in [2.75, 3.05) is 11.9 Å². The van der Waals surface area contributed by atoms with Crippen LogP contribution >= 0.6 is 0 Å². The van der Waals surface area contributed by atoms with Gasteiger partial charge in [0.05, 0.1) is 23.2 Å². The molecule has 0 fully saturated rings. The van der Waals surface area contributed by atoms with Crippen molar-refractivity contribution in [1.29, 1.82) is 0 Å². The predicted octanol–water partition coefficient (Wildman–Crippen LogP) is 4.63. The first-order chi connectivity index (χ1) is 17.2. The lowest BCUT2D eigenvalue weighted by Crippen LogP contribution is -2.57. The van der Waals surface area contributed by atoms with Gasteiger partial charge in [-0.3, -0.25) is 9.69 Å². The number of hydrogen-bond donors (Lipinski definition) is 3. The van der Waals surface area contributed by atoms with Crippen LogP contribution in [0.25, 0.3) is 21.9 Å². The van der Waals surface area contributed by atoms with E-state index in [9.17, 15) is 19.8 Å². The maximum Gasteiger partial charge on any atom is 0.408 e. The zero-order valence-corrected chi connectivity index (χ0v) is 23.0. The number of imidazole rings is 1. The van der Waals surface area contributed by atoms with Gasteiger partial charge >= 0.3 is 6.09 Å². The molecule has 37 heavy (non-hydrogen) atoms. The van der Waals surface area contributed by atoms with Crippen molar-refractivity contribution in [3.05, 3.63) is 30.1 Å². The van der Waals surface area contributed by atoms with Gasteiger partial charge in [0, 0.05) is 17.5 Å². The molecule has 10 nitrogen and oxygen atoms in total. The zero-order valence-electron chi connectivity index (χ0n) is 23.0. The molecule has 2 heterocycles. The number of hydrogen-bond acceptors (Lipinski definition) is 6. The van der Waals surface area contributed by atoms with E-state index in [2.05, 4.69) is 5.32 Å². The number of benzene rings is 1. The maximum atomic E-state index is 13.7. The standard InChI is InChI=1S/C27H39N5O5/c1-9-37-14-19-29-20-22(31(19)15-27(7,8)36)17-12-10-11-13-18(17)28-23(20)30-24(33)21(16(2)3)32(25(34)35)26(4,5)6/h10-13,16,21,36H,9,14-15H2,1-8H3,(H,34,35)(H,28,30,33)/t21-/m0/s1. The Hall–Kier alpha value is -3.24. The largest absolute Gasteiger partial charge is 0.465 e. The molecule has 10 heteroatoms. The number of fused-ring (bicyclic) bond motifs is 3. The molecule has 2 amide bonds. The number of ether oxygens (including phenoxy) is 1. The quantitative estimate of drug-likeness (QED) is 0.380. The van der Waals surface area contributed by atoms with Crippen molar-refractivity contribution in [3.8, 4) is 0 Å². The minimum absolute atomic E-state index is 0.217. The molecule has 3 aromatic rings. The van der Waals surface area contributed by atoms with Crippen molar-refractivity contribution in [2.24, 2.45) is 5.92 Å². The van der Waals surface area contributed by atoms with Gasteiger partial charge in [-0.2, -0.15) is 0 Å². The van der Waals surface area contributed by atoms with Gasteiger partial charge < -0.3 is 24.8 Å². The highest BCUT2D eigenvalue weighted by atomic mass is 16.5. The van der Waals surface area contributed by atoms with Crippen LogP contribution in [-0.4, -0.2) is 65.4 Å². The molecule has 1 aromatic carbocycles. The predicted molar refractivity (Wildman–Crippen MR) is 144 cm³/mol. The van der Waals surface area contributed by atoms with Crippen LogP contribution in [0.5, 0.6) is 0 Å². The summed E-state index contributed by atoms with van der Waals surface area (Å²) in [6, 6.07) is 6.56. The number of amides is 2. The minimum Gasteiger partial charge on any atom is -0.465 e. The summed E-state index contributed by atoms with van der Waals surface area (Å²) in [6.07, 6.45) is -1.17. The molecule has 0 unspecified atom stereocenters. The fraction of sp³-hybridized carbons (Fsp3) is 0.556. The van der Waals surface area contributed by atoms with Crippen LogP contribution in [-0.2, 0) is 22.7 Å². The number of carboxylic acid groups (broad SMARTS) is 1. The van der Waals surface area contributed by atoms with E-state index in [0.717, 1.165) is 5.39 Å². The molecule has 0 saturated carbocycles. The molecule has 0 aliphatic carbocycles. The van der Waals surface area contributed by atoms with Crippen LogP contribution in [0.3, 0.4) is 0 Å². The molecule has 0 saturated heterocycles. The van der Waals surface area contributed by atoms with Crippen LogP contribution in [0, 0.1) is 5.92 Å². The molecular weight excluding hydrogens is 474 g/mol.